The SMILES string of the molecule is CCCCC(=O)Nc1cc2[nH]c(=O)[nH]c2cc1N(CC)CC. The lowest BCUT2D eigenvalue weighted by Gasteiger charge is -2.24. The molecule has 1 aromatic heterocycles. The van der Waals surface area contributed by atoms with Crippen LogP contribution in [0.1, 0.15) is 40.0 Å². The summed E-state index contributed by atoms with van der Waals surface area (Å²) in [5, 5.41) is 2.98. The van der Waals surface area contributed by atoms with Crippen LogP contribution in [-0.2, 0) is 4.79 Å². The van der Waals surface area contributed by atoms with Gasteiger partial charge in [-0.15, -0.1) is 0 Å². The number of fused-ring (bicyclic) bond motifs is 1. The van der Waals surface area contributed by atoms with Crippen LogP contribution in [0.5, 0.6) is 0 Å². The molecule has 0 fully saturated rings. The van der Waals surface area contributed by atoms with E-state index in [1.54, 1.807) is 0 Å². The fraction of sp³-hybridized carbons (Fsp3) is 0.500. The highest BCUT2D eigenvalue weighted by Gasteiger charge is 2.14. The zero-order valence-electron chi connectivity index (χ0n) is 13.5. The molecule has 2 rings (SSSR count). The van der Waals surface area contributed by atoms with Gasteiger partial charge >= 0.3 is 5.69 Å². The molecule has 120 valence electrons. The molecule has 1 heterocycles. The summed E-state index contributed by atoms with van der Waals surface area (Å²) in [5.74, 6) is 0.00693. The van der Waals surface area contributed by atoms with Gasteiger partial charge in [0, 0.05) is 19.5 Å². The number of anilines is 2. The molecular weight excluding hydrogens is 280 g/mol. The Labute approximate surface area is 129 Å². The van der Waals surface area contributed by atoms with Crippen LogP contribution in [0.2, 0.25) is 0 Å². The molecule has 0 saturated carbocycles. The molecule has 1 amide bonds. The summed E-state index contributed by atoms with van der Waals surface area (Å²) in [7, 11) is 0. The second-order valence-electron chi connectivity index (χ2n) is 5.32. The number of H-pyrrole nitrogens is 2. The molecule has 0 aliphatic carbocycles. The molecule has 0 bridgehead atoms. The minimum absolute atomic E-state index is 0.00693. The molecule has 0 unspecified atom stereocenters. The average Bonchev–Trinajstić information content (AvgIpc) is 2.85. The van der Waals surface area contributed by atoms with E-state index in [4.69, 9.17) is 0 Å². The fourth-order valence-electron chi connectivity index (χ4n) is 2.55. The molecule has 22 heavy (non-hydrogen) atoms. The molecule has 6 nitrogen and oxygen atoms in total. The van der Waals surface area contributed by atoms with Crippen molar-refractivity contribution in [3.63, 3.8) is 0 Å². The van der Waals surface area contributed by atoms with E-state index in [0.717, 1.165) is 42.8 Å². The van der Waals surface area contributed by atoms with Gasteiger partial charge in [0.25, 0.3) is 0 Å². The van der Waals surface area contributed by atoms with Gasteiger partial charge in [-0.2, -0.15) is 0 Å². The highest BCUT2D eigenvalue weighted by molar-refractivity contribution is 5.98. The van der Waals surface area contributed by atoms with Crippen molar-refractivity contribution in [1.82, 2.24) is 9.97 Å². The van der Waals surface area contributed by atoms with Gasteiger partial charge in [-0.05, 0) is 32.4 Å². The van der Waals surface area contributed by atoms with Crippen LogP contribution in [0.15, 0.2) is 16.9 Å². The monoisotopic (exact) mass is 304 g/mol. The first-order valence-electron chi connectivity index (χ1n) is 7.89. The van der Waals surface area contributed by atoms with E-state index < -0.39 is 0 Å². The van der Waals surface area contributed by atoms with Gasteiger partial charge in [0.15, 0.2) is 0 Å². The smallest absolute Gasteiger partial charge is 0.323 e. The van der Waals surface area contributed by atoms with Crippen molar-refractivity contribution in [2.75, 3.05) is 23.3 Å². The number of imidazole rings is 1. The van der Waals surface area contributed by atoms with Crippen molar-refractivity contribution in [2.45, 2.75) is 40.0 Å². The Morgan fingerprint density at radius 2 is 1.77 bits per heavy atom. The van der Waals surface area contributed by atoms with Crippen molar-refractivity contribution in [3.05, 3.63) is 22.6 Å². The molecule has 6 heteroatoms. The third-order valence-electron chi connectivity index (χ3n) is 3.77. The third-order valence-corrected chi connectivity index (χ3v) is 3.77. The van der Waals surface area contributed by atoms with E-state index in [-0.39, 0.29) is 11.6 Å². The number of rotatable bonds is 7. The average molecular weight is 304 g/mol. The highest BCUT2D eigenvalue weighted by Crippen LogP contribution is 2.30. The number of nitrogens with zero attached hydrogens (tertiary/aromatic N) is 1. The van der Waals surface area contributed by atoms with Gasteiger partial charge < -0.3 is 20.2 Å². The number of hydrogen-bond acceptors (Lipinski definition) is 3. The Bertz CT molecular complexity index is 698. The largest absolute Gasteiger partial charge is 0.370 e. The van der Waals surface area contributed by atoms with Crippen molar-refractivity contribution < 1.29 is 4.79 Å². The lowest BCUT2D eigenvalue weighted by Crippen LogP contribution is -2.24. The fourth-order valence-corrected chi connectivity index (χ4v) is 2.55. The summed E-state index contributed by atoms with van der Waals surface area (Å²) in [6.45, 7) is 7.85. The van der Waals surface area contributed by atoms with E-state index in [0.29, 0.717) is 11.9 Å². The van der Waals surface area contributed by atoms with Crippen LogP contribution >= 0.6 is 0 Å². The van der Waals surface area contributed by atoms with Gasteiger partial charge in [0.1, 0.15) is 0 Å². The Morgan fingerprint density at radius 1 is 1.14 bits per heavy atom. The Balaban J connectivity index is 2.41. The zero-order chi connectivity index (χ0) is 16.1. The standard InChI is InChI=1S/C16H24N4O2/c1-4-7-8-15(21)17-13-9-11-12(19-16(22)18-11)10-14(13)20(5-2)6-3/h9-10H,4-8H2,1-3H3,(H,17,21)(H2,18,19,22). The summed E-state index contributed by atoms with van der Waals surface area (Å²) in [6, 6.07) is 3.74. The lowest BCUT2D eigenvalue weighted by molar-refractivity contribution is -0.116. The van der Waals surface area contributed by atoms with Gasteiger partial charge in [-0.25, -0.2) is 4.79 Å². The number of carbonyl (C=O) groups is 1. The van der Waals surface area contributed by atoms with Gasteiger partial charge in [0.2, 0.25) is 5.91 Å². The van der Waals surface area contributed by atoms with Gasteiger partial charge in [-0.3, -0.25) is 4.79 Å². The third kappa shape index (κ3) is 3.50. The molecule has 0 radical (unpaired) electrons. The minimum atomic E-state index is -0.241. The van der Waals surface area contributed by atoms with E-state index in [9.17, 15) is 9.59 Å². The highest BCUT2D eigenvalue weighted by atomic mass is 16.1. The predicted molar refractivity (Wildman–Crippen MR) is 90.6 cm³/mol. The molecule has 0 saturated heterocycles. The number of benzene rings is 1. The first-order valence-corrected chi connectivity index (χ1v) is 7.89. The summed E-state index contributed by atoms with van der Waals surface area (Å²) in [4.78, 5) is 31.2. The van der Waals surface area contributed by atoms with Gasteiger partial charge in [-0.1, -0.05) is 13.3 Å². The summed E-state index contributed by atoms with van der Waals surface area (Å²) >= 11 is 0. The van der Waals surface area contributed by atoms with E-state index in [1.165, 1.54) is 0 Å². The lowest BCUT2D eigenvalue weighted by atomic mass is 10.2. The summed E-state index contributed by atoms with van der Waals surface area (Å²) in [6.07, 6.45) is 2.37. The predicted octanol–water partition coefficient (Wildman–Crippen LogP) is 2.83. The Hall–Kier alpha value is -2.24. The molecule has 0 atom stereocenters. The van der Waals surface area contributed by atoms with Crippen LogP contribution in [0.25, 0.3) is 11.0 Å². The number of aromatic amines is 2. The number of nitrogens with one attached hydrogen (secondary N) is 3. The normalized spacial score (nSPS) is 10.9. The van der Waals surface area contributed by atoms with E-state index in [2.05, 4.69) is 41.0 Å². The molecule has 3 N–H and O–H groups in total. The molecule has 0 spiro atoms. The van der Waals surface area contributed by atoms with Crippen LogP contribution in [0, 0.1) is 0 Å². The van der Waals surface area contributed by atoms with Crippen molar-refractivity contribution >= 4 is 28.3 Å². The van der Waals surface area contributed by atoms with Crippen LogP contribution in [-0.4, -0.2) is 29.0 Å². The second kappa shape index (κ2) is 7.15. The maximum absolute atomic E-state index is 12.1. The second-order valence-corrected chi connectivity index (χ2v) is 5.32. The van der Waals surface area contributed by atoms with Crippen LogP contribution in [0.4, 0.5) is 11.4 Å². The van der Waals surface area contributed by atoms with Crippen molar-refractivity contribution in [2.24, 2.45) is 0 Å². The first-order chi connectivity index (χ1) is 10.6. The number of carbonyl (C=O) groups excluding carboxylic acids is 1. The number of unbranched alkanes of at least 4 members (excludes halogenated alkanes) is 1. The van der Waals surface area contributed by atoms with Crippen molar-refractivity contribution in [3.8, 4) is 0 Å². The number of hydrogen-bond donors (Lipinski definition) is 3. The topological polar surface area (TPSA) is 81.0 Å². The number of amides is 1. The summed E-state index contributed by atoms with van der Waals surface area (Å²) in [5.41, 5.74) is 2.88. The Kier molecular flexibility index (Phi) is 5.25. The van der Waals surface area contributed by atoms with Gasteiger partial charge in [0.05, 0.1) is 22.4 Å². The molecule has 0 aliphatic rings. The first kappa shape index (κ1) is 16.1. The Morgan fingerprint density at radius 3 is 2.36 bits per heavy atom. The van der Waals surface area contributed by atoms with Crippen LogP contribution in [0.3, 0.4) is 0 Å². The molecule has 2 aromatic rings. The maximum atomic E-state index is 12.1. The van der Waals surface area contributed by atoms with E-state index in [1.807, 2.05) is 12.1 Å². The van der Waals surface area contributed by atoms with Crippen molar-refractivity contribution in [1.29, 1.82) is 0 Å². The zero-order valence-corrected chi connectivity index (χ0v) is 13.5. The van der Waals surface area contributed by atoms with E-state index >= 15 is 0 Å². The molecular formula is C16H24N4O2. The quantitative estimate of drug-likeness (QED) is 0.735. The number of aromatic nitrogens is 2. The maximum Gasteiger partial charge on any atom is 0.323 e. The van der Waals surface area contributed by atoms with Crippen LogP contribution < -0.4 is 15.9 Å². The minimum Gasteiger partial charge on any atom is -0.370 e. The summed E-state index contributed by atoms with van der Waals surface area (Å²) < 4.78 is 0. The molecule has 0 aliphatic heterocycles. The molecule has 1 aromatic carbocycles.